The highest BCUT2D eigenvalue weighted by atomic mass is 19.3. The maximum absolute atomic E-state index is 12.3. The van der Waals surface area contributed by atoms with Crippen LogP contribution in [0.4, 0.5) is 8.78 Å². The molecular formula is C21H21F2NO5. The van der Waals surface area contributed by atoms with E-state index in [1.165, 1.54) is 12.1 Å². The van der Waals surface area contributed by atoms with Gasteiger partial charge in [0.2, 0.25) is 5.91 Å². The molecule has 0 atom stereocenters. The van der Waals surface area contributed by atoms with Gasteiger partial charge in [-0.15, -0.1) is 0 Å². The van der Waals surface area contributed by atoms with Gasteiger partial charge in [0, 0.05) is 24.9 Å². The van der Waals surface area contributed by atoms with E-state index < -0.39 is 6.61 Å². The number of rotatable bonds is 9. The predicted molar refractivity (Wildman–Crippen MR) is 101 cm³/mol. The maximum Gasteiger partial charge on any atom is 0.387 e. The molecule has 29 heavy (non-hydrogen) atoms. The maximum atomic E-state index is 12.3. The third-order valence-electron chi connectivity index (χ3n) is 4.33. The number of ketones is 1. The zero-order valence-corrected chi connectivity index (χ0v) is 15.7. The van der Waals surface area contributed by atoms with Crippen molar-refractivity contribution >= 4 is 11.7 Å². The molecule has 0 saturated carbocycles. The second kappa shape index (κ2) is 9.86. The molecular weight excluding hydrogens is 384 g/mol. The SMILES string of the molecule is O=C(CCC(=O)c1ccc2c(c1)OCCO2)NCCc1ccc(OC(F)F)cc1. The van der Waals surface area contributed by atoms with Gasteiger partial charge in [0.25, 0.3) is 0 Å². The molecule has 0 bridgehead atoms. The summed E-state index contributed by atoms with van der Waals surface area (Å²) < 4.78 is 39.4. The summed E-state index contributed by atoms with van der Waals surface area (Å²) in [5.41, 5.74) is 1.35. The molecule has 0 fully saturated rings. The second-order valence-electron chi connectivity index (χ2n) is 6.40. The molecule has 1 aliphatic heterocycles. The number of amides is 1. The smallest absolute Gasteiger partial charge is 0.387 e. The van der Waals surface area contributed by atoms with Crippen molar-refractivity contribution in [1.29, 1.82) is 0 Å². The summed E-state index contributed by atoms with van der Waals surface area (Å²) in [5.74, 6) is 0.863. The van der Waals surface area contributed by atoms with Gasteiger partial charge >= 0.3 is 6.61 Å². The molecule has 1 amide bonds. The van der Waals surface area contributed by atoms with Crippen LogP contribution in [0.1, 0.15) is 28.8 Å². The van der Waals surface area contributed by atoms with Crippen LogP contribution in [0.2, 0.25) is 0 Å². The number of hydrogen-bond acceptors (Lipinski definition) is 5. The molecule has 0 aliphatic carbocycles. The van der Waals surface area contributed by atoms with Gasteiger partial charge in [0.1, 0.15) is 19.0 Å². The lowest BCUT2D eigenvalue weighted by Crippen LogP contribution is -2.26. The van der Waals surface area contributed by atoms with Crippen molar-refractivity contribution in [2.75, 3.05) is 19.8 Å². The van der Waals surface area contributed by atoms with Crippen molar-refractivity contribution in [3.05, 3.63) is 53.6 Å². The van der Waals surface area contributed by atoms with Crippen LogP contribution >= 0.6 is 0 Å². The van der Waals surface area contributed by atoms with E-state index in [0.29, 0.717) is 43.2 Å². The van der Waals surface area contributed by atoms with Crippen LogP contribution < -0.4 is 19.5 Å². The Kier molecular flexibility index (Phi) is 6.99. The quantitative estimate of drug-likeness (QED) is 0.648. The van der Waals surface area contributed by atoms with Crippen LogP contribution in [-0.4, -0.2) is 38.1 Å². The molecule has 2 aromatic carbocycles. The van der Waals surface area contributed by atoms with E-state index in [2.05, 4.69) is 10.1 Å². The van der Waals surface area contributed by atoms with E-state index in [-0.39, 0.29) is 30.3 Å². The van der Waals surface area contributed by atoms with Gasteiger partial charge in [0.15, 0.2) is 17.3 Å². The van der Waals surface area contributed by atoms with Crippen molar-refractivity contribution in [1.82, 2.24) is 5.32 Å². The van der Waals surface area contributed by atoms with Crippen LogP contribution in [-0.2, 0) is 11.2 Å². The molecule has 1 aliphatic rings. The van der Waals surface area contributed by atoms with E-state index in [1.54, 1.807) is 30.3 Å². The molecule has 1 heterocycles. The Hall–Kier alpha value is -3.16. The van der Waals surface area contributed by atoms with E-state index in [0.717, 1.165) is 5.56 Å². The van der Waals surface area contributed by atoms with Crippen LogP contribution in [0.3, 0.4) is 0 Å². The number of fused-ring (bicyclic) bond motifs is 1. The molecule has 154 valence electrons. The summed E-state index contributed by atoms with van der Waals surface area (Å²) in [5, 5.41) is 2.75. The monoisotopic (exact) mass is 405 g/mol. The van der Waals surface area contributed by atoms with Gasteiger partial charge in [-0.05, 0) is 42.3 Å². The molecule has 6 nitrogen and oxygen atoms in total. The zero-order valence-electron chi connectivity index (χ0n) is 15.7. The number of benzene rings is 2. The van der Waals surface area contributed by atoms with E-state index in [9.17, 15) is 18.4 Å². The zero-order chi connectivity index (χ0) is 20.6. The molecule has 1 N–H and O–H groups in total. The third-order valence-corrected chi connectivity index (χ3v) is 4.33. The first kappa shape index (κ1) is 20.6. The third kappa shape index (κ3) is 6.17. The highest BCUT2D eigenvalue weighted by molar-refractivity contribution is 5.98. The highest BCUT2D eigenvalue weighted by Crippen LogP contribution is 2.31. The van der Waals surface area contributed by atoms with Gasteiger partial charge in [-0.3, -0.25) is 9.59 Å². The van der Waals surface area contributed by atoms with Gasteiger partial charge in [0.05, 0.1) is 0 Å². The van der Waals surface area contributed by atoms with Crippen molar-refractivity contribution in [3.63, 3.8) is 0 Å². The lowest BCUT2D eigenvalue weighted by atomic mass is 10.1. The van der Waals surface area contributed by atoms with Gasteiger partial charge in [-0.2, -0.15) is 8.78 Å². The number of ether oxygens (including phenoxy) is 3. The topological polar surface area (TPSA) is 73.9 Å². The van der Waals surface area contributed by atoms with Crippen molar-refractivity contribution in [2.45, 2.75) is 25.9 Å². The number of carbonyl (C=O) groups is 2. The number of halogens is 2. The lowest BCUT2D eigenvalue weighted by Gasteiger charge is -2.18. The fourth-order valence-corrected chi connectivity index (χ4v) is 2.86. The summed E-state index contributed by atoms with van der Waals surface area (Å²) in [4.78, 5) is 24.3. The standard InChI is InChI=1S/C21H21F2NO5/c22-21(23)29-16-4-1-14(2-5-16)9-10-24-20(26)8-6-17(25)15-3-7-18-19(13-15)28-12-11-27-18/h1-5,7,13,21H,6,8-12H2,(H,24,26). The average Bonchev–Trinajstić information content (AvgIpc) is 2.72. The van der Waals surface area contributed by atoms with Gasteiger partial charge < -0.3 is 19.5 Å². The largest absolute Gasteiger partial charge is 0.486 e. The summed E-state index contributed by atoms with van der Waals surface area (Å²) in [6.45, 7) is -1.56. The van der Waals surface area contributed by atoms with E-state index >= 15 is 0 Å². The number of Topliss-reactive ketones (excluding diaryl/α,β-unsaturated/α-hetero) is 1. The number of carbonyl (C=O) groups excluding carboxylic acids is 2. The Morgan fingerprint density at radius 3 is 2.45 bits per heavy atom. The summed E-state index contributed by atoms with van der Waals surface area (Å²) in [6.07, 6.45) is 0.705. The van der Waals surface area contributed by atoms with Crippen molar-refractivity contribution in [3.8, 4) is 17.2 Å². The van der Waals surface area contributed by atoms with E-state index in [4.69, 9.17) is 9.47 Å². The summed E-state index contributed by atoms with van der Waals surface area (Å²) >= 11 is 0. The Balaban J connectivity index is 1.39. The highest BCUT2D eigenvalue weighted by Gasteiger charge is 2.15. The first-order chi connectivity index (χ1) is 14.0. The molecule has 0 aromatic heterocycles. The normalized spacial score (nSPS) is 12.5. The number of alkyl halides is 2. The Morgan fingerprint density at radius 1 is 1.00 bits per heavy atom. The predicted octanol–water partition coefficient (Wildman–Crippen LogP) is 3.38. The summed E-state index contributed by atoms with van der Waals surface area (Å²) in [7, 11) is 0. The Bertz CT molecular complexity index is 855. The molecule has 2 aromatic rings. The molecule has 8 heteroatoms. The minimum atomic E-state index is -2.86. The fourth-order valence-electron chi connectivity index (χ4n) is 2.86. The molecule has 3 rings (SSSR count). The second-order valence-corrected chi connectivity index (χ2v) is 6.40. The summed E-state index contributed by atoms with van der Waals surface area (Å²) in [6, 6.07) is 11.2. The Labute approximate surface area is 166 Å². The molecule has 0 spiro atoms. The number of nitrogens with one attached hydrogen (secondary N) is 1. The minimum absolute atomic E-state index is 0.0778. The average molecular weight is 405 g/mol. The van der Waals surface area contributed by atoms with Crippen molar-refractivity contribution < 1.29 is 32.6 Å². The van der Waals surface area contributed by atoms with Crippen LogP contribution in [0, 0.1) is 0 Å². The van der Waals surface area contributed by atoms with Crippen LogP contribution in [0.25, 0.3) is 0 Å². The molecule has 0 unspecified atom stereocenters. The van der Waals surface area contributed by atoms with E-state index in [1.807, 2.05) is 0 Å². The molecule has 0 radical (unpaired) electrons. The fraction of sp³-hybridized carbons (Fsp3) is 0.333. The number of hydrogen-bond donors (Lipinski definition) is 1. The van der Waals surface area contributed by atoms with Crippen LogP contribution in [0.15, 0.2) is 42.5 Å². The minimum Gasteiger partial charge on any atom is -0.486 e. The first-order valence-electron chi connectivity index (χ1n) is 9.24. The first-order valence-corrected chi connectivity index (χ1v) is 9.24. The van der Waals surface area contributed by atoms with Crippen LogP contribution in [0.5, 0.6) is 17.2 Å². The van der Waals surface area contributed by atoms with Gasteiger partial charge in [-0.25, -0.2) is 0 Å². The lowest BCUT2D eigenvalue weighted by molar-refractivity contribution is -0.121. The van der Waals surface area contributed by atoms with Gasteiger partial charge in [-0.1, -0.05) is 12.1 Å². The van der Waals surface area contributed by atoms with Crippen molar-refractivity contribution in [2.24, 2.45) is 0 Å². The molecule has 0 saturated heterocycles. The Morgan fingerprint density at radius 2 is 1.72 bits per heavy atom.